The average Bonchev–Trinajstić information content (AvgIpc) is 2.18. The molecule has 0 fully saturated rings. The van der Waals surface area contributed by atoms with Gasteiger partial charge in [0.1, 0.15) is 0 Å². The van der Waals surface area contributed by atoms with Gasteiger partial charge >= 0.3 is 0 Å². The Morgan fingerprint density at radius 3 is 3.08 bits per heavy atom. The number of fused-ring (bicyclic) bond motifs is 1. The zero-order valence-electron chi connectivity index (χ0n) is 7.59. The van der Waals surface area contributed by atoms with E-state index in [1.54, 1.807) is 0 Å². The summed E-state index contributed by atoms with van der Waals surface area (Å²) in [5, 5.41) is 0. The molecule has 0 saturated carbocycles. The van der Waals surface area contributed by atoms with E-state index in [1.165, 1.54) is 11.1 Å². The minimum absolute atomic E-state index is 0.192. The molecule has 0 bridgehead atoms. The molecular weight excluding hydrogens is 158 g/mol. The summed E-state index contributed by atoms with van der Waals surface area (Å²) in [4.78, 5) is 0. The van der Waals surface area contributed by atoms with Crippen LogP contribution in [0, 0.1) is 12.3 Å². The highest BCUT2D eigenvalue weighted by atomic mass is 14.6. The second-order valence-electron chi connectivity index (χ2n) is 3.52. The Bertz CT molecular complexity index is 360. The van der Waals surface area contributed by atoms with Gasteiger partial charge in [-0.2, -0.15) is 0 Å². The summed E-state index contributed by atoms with van der Waals surface area (Å²) in [6.07, 6.45) is 8.76. The molecule has 2 N–H and O–H groups in total. The van der Waals surface area contributed by atoms with Gasteiger partial charge in [0.2, 0.25) is 0 Å². The minimum Gasteiger partial charge on any atom is -0.324 e. The maximum absolute atomic E-state index is 6.00. The van der Waals surface area contributed by atoms with E-state index in [2.05, 4.69) is 12.0 Å². The van der Waals surface area contributed by atoms with E-state index in [0.717, 1.165) is 24.8 Å². The number of rotatable bonds is 0. The van der Waals surface area contributed by atoms with E-state index in [4.69, 9.17) is 12.2 Å². The lowest BCUT2D eigenvalue weighted by molar-refractivity contribution is 0.570. The standard InChI is InChI=1S/C12H13N/c1-2-9-5-3-7-11-10(9)6-4-8-12(11)13/h1,3,5,7,12H,4,6,8,13H2/t12-/m1/s1. The van der Waals surface area contributed by atoms with Gasteiger partial charge in [-0.25, -0.2) is 0 Å². The summed E-state index contributed by atoms with van der Waals surface area (Å²) in [6, 6.07) is 6.29. The van der Waals surface area contributed by atoms with Crippen LogP contribution >= 0.6 is 0 Å². The quantitative estimate of drug-likeness (QED) is 0.594. The van der Waals surface area contributed by atoms with Crippen LogP contribution in [0.3, 0.4) is 0 Å². The minimum atomic E-state index is 0.192. The summed E-state index contributed by atoms with van der Waals surface area (Å²) in [6.45, 7) is 0. The van der Waals surface area contributed by atoms with Gasteiger partial charge in [-0.05, 0) is 36.5 Å². The first-order valence-corrected chi connectivity index (χ1v) is 4.67. The van der Waals surface area contributed by atoms with Crippen molar-refractivity contribution >= 4 is 0 Å². The third kappa shape index (κ3) is 1.34. The normalized spacial score (nSPS) is 20.5. The highest BCUT2D eigenvalue weighted by Crippen LogP contribution is 2.29. The third-order valence-corrected chi connectivity index (χ3v) is 2.71. The predicted octanol–water partition coefficient (Wildman–Crippen LogP) is 2.00. The molecular formula is C12H13N. The van der Waals surface area contributed by atoms with Crippen LogP contribution in [-0.4, -0.2) is 0 Å². The zero-order chi connectivity index (χ0) is 9.26. The van der Waals surface area contributed by atoms with Gasteiger partial charge in [0, 0.05) is 11.6 Å². The summed E-state index contributed by atoms with van der Waals surface area (Å²) < 4.78 is 0. The maximum atomic E-state index is 6.00. The Morgan fingerprint density at radius 1 is 1.46 bits per heavy atom. The molecule has 2 rings (SSSR count). The number of hydrogen-bond acceptors (Lipinski definition) is 1. The summed E-state index contributed by atoms with van der Waals surface area (Å²) >= 11 is 0. The Balaban J connectivity index is 2.56. The lowest BCUT2D eigenvalue weighted by Crippen LogP contribution is -2.18. The van der Waals surface area contributed by atoms with Crippen LogP contribution < -0.4 is 5.73 Å². The molecule has 1 heteroatoms. The first kappa shape index (κ1) is 8.34. The van der Waals surface area contributed by atoms with Crippen LogP contribution in [0.4, 0.5) is 0 Å². The number of benzene rings is 1. The van der Waals surface area contributed by atoms with Crippen molar-refractivity contribution in [3.8, 4) is 12.3 Å². The maximum Gasteiger partial charge on any atom is 0.0298 e. The Hall–Kier alpha value is -1.26. The molecule has 1 aromatic rings. The molecule has 0 aromatic heterocycles. The van der Waals surface area contributed by atoms with Crippen molar-refractivity contribution in [2.75, 3.05) is 0 Å². The fourth-order valence-corrected chi connectivity index (χ4v) is 2.02. The molecule has 0 heterocycles. The topological polar surface area (TPSA) is 26.0 Å². The van der Waals surface area contributed by atoms with Gasteiger partial charge in [-0.15, -0.1) is 6.42 Å². The summed E-state index contributed by atoms with van der Waals surface area (Å²) in [7, 11) is 0. The van der Waals surface area contributed by atoms with Gasteiger partial charge in [-0.3, -0.25) is 0 Å². The van der Waals surface area contributed by atoms with Crippen molar-refractivity contribution < 1.29 is 0 Å². The van der Waals surface area contributed by atoms with E-state index in [1.807, 2.05) is 12.1 Å². The Labute approximate surface area is 79.0 Å². The van der Waals surface area contributed by atoms with Gasteiger partial charge in [0.05, 0.1) is 0 Å². The fourth-order valence-electron chi connectivity index (χ4n) is 2.02. The van der Waals surface area contributed by atoms with E-state index in [9.17, 15) is 0 Å². The highest BCUT2D eigenvalue weighted by molar-refractivity contribution is 5.46. The van der Waals surface area contributed by atoms with Crippen LogP contribution in [0.5, 0.6) is 0 Å². The molecule has 0 unspecified atom stereocenters. The average molecular weight is 171 g/mol. The molecule has 1 aromatic carbocycles. The van der Waals surface area contributed by atoms with Crippen molar-refractivity contribution in [3.63, 3.8) is 0 Å². The lowest BCUT2D eigenvalue weighted by atomic mass is 9.85. The lowest BCUT2D eigenvalue weighted by Gasteiger charge is -2.22. The van der Waals surface area contributed by atoms with Crippen LogP contribution in [0.25, 0.3) is 0 Å². The summed E-state index contributed by atoms with van der Waals surface area (Å²) in [5.41, 5.74) is 9.57. The molecule has 13 heavy (non-hydrogen) atoms. The largest absolute Gasteiger partial charge is 0.324 e. The molecule has 0 saturated heterocycles. The van der Waals surface area contributed by atoms with Crippen molar-refractivity contribution in [1.29, 1.82) is 0 Å². The monoisotopic (exact) mass is 171 g/mol. The zero-order valence-corrected chi connectivity index (χ0v) is 7.59. The highest BCUT2D eigenvalue weighted by Gasteiger charge is 2.17. The van der Waals surface area contributed by atoms with Crippen molar-refractivity contribution in [1.82, 2.24) is 0 Å². The molecule has 0 amide bonds. The first-order valence-electron chi connectivity index (χ1n) is 4.67. The van der Waals surface area contributed by atoms with E-state index >= 15 is 0 Å². The number of terminal acetylenes is 1. The molecule has 1 atom stereocenters. The Kier molecular flexibility index (Phi) is 2.08. The number of hydrogen-bond donors (Lipinski definition) is 1. The van der Waals surface area contributed by atoms with Crippen LogP contribution in [-0.2, 0) is 6.42 Å². The van der Waals surface area contributed by atoms with Gasteiger partial charge in [0.15, 0.2) is 0 Å². The fraction of sp³-hybridized carbons (Fsp3) is 0.333. The summed E-state index contributed by atoms with van der Waals surface area (Å²) in [5.74, 6) is 2.72. The second kappa shape index (κ2) is 3.24. The van der Waals surface area contributed by atoms with Gasteiger partial charge < -0.3 is 5.73 Å². The van der Waals surface area contributed by atoms with E-state index < -0.39 is 0 Å². The molecule has 1 aliphatic carbocycles. The number of nitrogens with two attached hydrogens (primary N) is 1. The second-order valence-corrected chi connectivity index (χ2v) is 3.52. The van der Waals surface area contributed by atoms with Gasteiger partial charge in [0.25, 0.3) is 0 Å². The van der Waals surface area contributed by atoms with Gasteiger partial charge in [-0.1, -0.05) is 18.1 Å². The first-order chi connectivity index (χ1) is 6.33. The predicted molar refractivity (Wildman–Crippen MR) is 54.2 cm³/mol. The van der Waals surface area contributed by atoms with Crippen LogP contribution in [0.1, 0.15) is 35.6 Å². The van der Waals surface area contributed by atoms with Crippen molar-refractivity contribution in [2.24, 2.45) is 5.73 Å². The molecule has 1 aliphatic rings. The van der Waals surface area contributed by atoms with Crippen molar-refractivity contribution in [3.05, 3.63) is 34.9 Å². The molecule has 1 nitrogen and oxygen atoms in total. The molecule has 0 radical (unpaired) electrons. The SMILES string of the molecule is C#Cc1cccc2c1CCC[C@H]2N. The molecule has 66 valence electrons. The van der Waals surface area contributed by atoms with Crippen molar-refractivity contribution in [2.45, 2.75) is 25.3 Å². The van der Waals surface area contributed by atoms with E-state index in [-0.39, 0.29) is 6.04 Å². The Morgan fingerprint density at radius 2 is 2.31 bits per heavy atom. The molecule has 0 aliphatic heterocycles. The smallest absolute Gasteiger partial charge is 0.0298 e. The molecule has 0 spiro atoms. The third-order valence-electron chi connectivity index (χ3n) is 2.71. The van der Waals surface area contributed by atoms with Crippen LogP contribution in [0.2, 0.25) is 0 Å². The van der Waals surface area contributed by atoms with E-state index in [0.29, 0.717) is 0 Å². The van der Waals surface area contributed by atoms with Crippen LogP contribution in [0.15, 0.2) is 18.2 Å².